The van der Waals surface area contributed by atoms with E-state index in [4.69, 9.17) is 0 Å². The third-order valence-corrected chi connectivity index (χ3v) is 6.18. The Morgan fingerprint density at radius 2 is 1.05 bits per heavy atom. The molecule has 0 bridgehead atoms. The number of rotatable bonds is 0. The molecule has 1 nitrogen and oxygen atoms in total. The number of halogens is 1. The summed E-state index contributed by atoms with van der Waals surface area (Å²) in [5.41, 5.74) is 4.87. The Hall–Kier alpha value is -2.28. The van der Waals surface area contributed by atoms with E-state index in [1.165, 1.54) is 41.4 Å². The van der Waals surface area contributed by atoms with Gasteiger partial charge in [-0.15, -0.1) is 87.0 Å². The first-order chi connectivity index (χ1) is 18.1. The van der Waals surface area contributed by atoms with Crippen LogP contribution in [0.3, 0.4) is 0 Å². The summed E-state index contributed by atoms with van der Waals surface area (Å²) in [4.78, 5) is 0. The Morgan fingerprint density at radius 3 is 1.40 bits per heavy atom. The third kappa shape index (κ3) is 11.7. The van der Waals surface area contributed by atoms with Gasteiger partial charge < -0.3 is 17.5 Å². The molecule has 0 amide bonds. The van der Waals surface area contributed by atoms with Gasteiger partial charge in [-0.05, 0) is 16.4 Å². The first-order valence-corrected chi connectivity index (χ1v) is 14.9. The molecule has 0 heterocycles. The molecule has 5 aromatic rings. The van der Waals surface area contributed by atoms with Gasteiger partial charge in [0, 0.05) is 0 Å². The van der Waals surface area contributed by atoms with Crippen molar-refractivity contribution in [3.63, 3.8) is 0 Å². The molecule has 0 aliphatic heterocycles. The minimum absolute atomic E-state index is 0. The van der Waals surface area contributed by atoms with Crippen molar-refractivity contribution in [3.8, 4) is 5.75 Å². The summed E-state index contributed by atoms with van der Waals surface area (Å²) < 4.78 is 1.51. The van der Waals surface area contributed by atoms with Crippen molar-refractivity contribution >= 4 is 24.8 Å². The van der Waals surface area contributed by atoms with Crippen molar-refractivity contribution in [2.24, 2.45) is 0 Å². The van der Waals surface area contributed by atoms with E-state index in [2.05, 4.69) is 148 Å². The molecule has 3 heteroatoms. The normalized spacial score (nSPS) is 10.8. The summed E-state index contributed by atoms with van der Waals surface area (Å²) in [7, 11) is 0. The number of hydrogen-bond donors (Lipinski definition) is 0. The van der Waals surface area contributed by atoms with Crippen LogP contribution >= 0.6 is 0 Å². The minimum Gasteiger partial charge on any atom is -1.00 e. The van der Waals surface area contributed by atoms with Gasteiger partial charge in [0.25, 0.3) is 0 Å². The van der Waals surface area contributed by atoms with Crippen molar-refractivity contribution in [3.05, 3.63) is 113 Å². The summed E-state index contributed by atoms with van der Waals surface area (Å²) in [6, 6.07) is 31.4. The number of fused-ring (bicyclic) bond motifs is 2. The Labute approximate surface area is 264 Å². The molecule has 0 atom stereocenters. The predicted molar refractivity (Wildman–Crippen MR) is 168 cm³/mol. The van der Waals surface area contributed by atoms with Gasteiger partial charge in [0.15, 0.2) is 0 Å². The maximum absolute atomic E-state index is 11.7. The van der Waals surface area contributed by atoms with E-state index in [0.717, 1.165) is 5.56 Å². The van der Waals surface area contributed by atoms with Gasteiger partial charge in [0.2, 0.25) is 0 Å². The maximum Gasteiger partial charge on any atom is -0.0579 e. The van der Waals surface area contributed by atoms with Gasteiger partial charge in [-0.25, -0.2) is 0 Å². The molecule has 0 radical (unpaired) electrons. The van der Waals surface area contributed by atoms with E-state index >= 15 is 0 Å². The van der Waals surface area contributed by atoms with Crippen LogP contribution in [0.4, 0.5) is 0 Å². The molecule has 0 saturated heterocycles. The molecule has 0 fully saturated rings. The van der Waals surface area contributed by atoms with Crippen molar-refractivity contribution in [1.82, 2.24) is 0 Å². The zero-order valence-corrected chi connectivity index (χ0v) is 29.2. The molecule has 5 aromatic carbocycles. The van der Waals surface area contributed by atoms with Crippen molar-refractivity contribution in [2.45, 2.75) is 80.1 Å². The average molecular weight is 632 g/mol. The quantitative estimate of drug-likeness (QED) is 0.172. The molecule has 0 N–H and O–H groups in total. The summed E-state index contributed by atoms with van der Waals surface area (Å²) in [6.45, 7) is 21.2. The second kappa shape index (κ2) is 15.6. The topological polar surface area (TPSA) is 23.1 Å². The van der Waals surface area contributed by atoms with Gasteiger partial charge in [0.05, 0.1) is 0 Å². The monoisotopic (exact) mass is 630 g/mol. The van der Waals surface area contributed by atoms with Crippen LogP contribution in [-0.2, 0) is 35.1 Å². The molecule has 0 aromatic heterocycles. The first-order valence-electron chi connectivity index (χ1n) is 13.7. The zero-order chi connectivity index (χ0) is 29.4. The van der Waals surface area contributed by atoms with Crippen LogP contribution in [0, 0.1) is 13.8 Å². The summed E-state index contributed by atoms with van der Waals surface area (Å²) in [6.07, 6.45) is 0. The van der Waals surface area contributed by atoms with Crippen molar-refractivity contribution < 1.29 is 41.7 Å². The molecule has 0 aliphatic rings. The molecule has 0 spiro atoms. The standard InChI is InChI=1S/C14H22O.2C10H9.C3H6.ClH.Zr/c1-13(2,3)10-7-8-12(15)11(9-10)14(4,5)6;2*1-8-6-9-4-2-3-5-10(9)7-8;1-3-2;;/h7-9,15H,1-6H3;2*2-7H,1H3;1-2H3;1H;/q;2*-1;;;+2/p-2. The molecule has 5 rings (SSSR count). The molecule has 0 unspecified atom stereocenters. The van der Waals surface area contributed by atoms with E-state index in [1.807, 2.05) is 6.07 Å². The van der Waals surface area contributed by atoms with Crippen LogP contribution in [-0.4, -0.2) is 3.21 Å². The van der Waals surface area contributed by atoms with Crippen molar-refractivity contribution in [1.29, 1.82) is 0 Å². The Morgan fingerprint density at radius 1 is 0.650 bits per heavy atom. The summed E-state index contributed by atoms with van der Waals surface area (Å²) in [5.74, 6) is 0.149. The largest absolute Gasteiger partial charge is 1.00 e. The number of aryl methyl sites for hydroxylation is 2. The van der Waals surface area contributed by atoms with Crippen LogP contribution < -0.4 is 17.5 Å². The molecule has 0 saturated carbocycles. The Bertz CT molecular complexity index is 1350. The molecular formula is C37H45ClOZr-2. The van der Waals surface area contributed by atoms with Gasteiger partial charge in [-0.1, -0.05) is 91.3 Å². The van der Waals surface area contributed by atoms with Gasteiger partial charge in [-0.2, -0.15) is 12.1 Å². The molecule has 0 aliphatic carbocycles. The number of benzene rings is 3. The summed E-state index contributed by atoms with van der Waals surface area (Å²) in [5, 5.41) is 17.1. The SMILES string of the molecule is CC(C)(C)c1ccc([O-])c(C(C)(C)C)c1.C[C](C)=[Zr+2].Cc1cc2ccccc2[cH-]1.Cc1cc2ccccc2[cH-]1.[Cl-]. The van der Waals surface area contributed by atoms with Crippen LogP contribution in [0.25, 0.3) is 21.5 Å². The smallest absolute Gasteiger partial charge is 0.0579 e. The van der Waals surface area contributed by atoms with E-state index in [0.29, 0.717) is 0 Å². The van der Waals surface area contributed by atoms with E-state index < -0.39 is 0 Å². The average Bonchev–Trinajstić information content (AvgIpc) is 3.38. The Kier molecular flexibility index (Phi) is 14.0. The zero-order valence-electron chi connectivity index (χ0n) is 25.9. The fraction of sp³-hybridized carbons (Fsp3) is 0.324. The fourth-order valence-electron chi connectivity index (χ4n) is 4.19. The Balaban J connectivity index is 0.000000283. The van der Waals surface area contributed by atoms with Crippen LogP contribution in [0.5, 0.6) is 5.75 Å². The summed E-state index contributed by atoms with van der Waals surface area (Å²) >= 11 is 1.55. The fourth-order valence-corrected chi connectivity index (χ4v) is 4.19. The molecule has 40 heavy (non-hydrogen) atoms. The van der Waals surface area contributed by atoms with E-state index in [9.17, 15) is 5.11 Å². The predicted octanol–water partition coefficient (Wildman–Crippen LogP) is 6.84. The molecular weight excluding hydrogens is 587 g/mol. The van der Waals surface area contributed by atoms with Gasteiger partial charge in [-0.3, -0.25) is 0 Å². The second-order valence-electron chi connectivity index (χ2n) is 12.5. The van der Waals surface area contributed by atoms with E-state index in [-0.39, 0.29) is 29.0 Å². The molecule has 212 valence electrons. The van der Waals surface area contributed by atoms with Gasteiger partial charge >= 0.3 is 41.3 Å². The first kappa shape index (κ1) is 35.7. The van der Waals surface area contributed by atoms with Crippen molar-refractivity contribution in [2.75, 3.05) is 0 Å². The van der Waals surface area contributed by atoms with Crippen LogP contribution in [0.2, 0.25) is 0 Å². The van der Waals surface area contributed by atoms with Gasteiger partial charge in [0.1, 0.15) is 0 Å². The second-order valence-corrected chi connectivity index (χ2v) is 15.0. The van der Waals surface area contributed by atoms with Crippen LogP contribution in [0.15, 0.2) is 91.0 Å². The number of hydrogen-bond acceptors (Lipinski definition) is 1. The maximum atomic E-state index is 11.7. The minimum atomic E-state index is -0.0711. The van der Waals surface area contributed by atoms with Crippen LogP contribution in [0.1, 0.15) is 77.6 Å². The van der Waals surface area contributed by atoms with E-state index in [1.54, 1.807) is 30.3 Å². The third-order valence-electron chi connectivity index (χ3n) is 6.18.